The van der Waals surface area contributed by atoms with Crippen molar-refractivity contribution in [2.24, 2.45) is 44.8 Å². The monoisotopic (exact) mass is 1770 g/mol. The van der Waals surface area contributed by atoms with E-state index in [2.05, 4.69) is 27.9 Å². The third kappa shape index (κ3) is 29.1. The highest BCUT2D eigenvalue weighted by molar-refractivity contribution is 5.93. The van der Waals surface area contributed by atoms with Crippen molar-refractivity contribution in [3.8, 4) is 0 Å². The van der Waals surface area contributed by atoms with E-state index in [1.54, 1.807) is 75.4 Å². The number of hydrogen-bond donors (Lipinski definition) is 14. The zero-order valence-electron chi connectivity index (χ0n) is 70.8. The molecular weight excluding hydrogens is 1650 g/mol. The van der Waals surface area contributed by atoms with Gasteiger partial charge in [-0.25, -0.2) is 4.79 Å². The number of esters is 1. The number of benzene rings is 2. The Morgan fingerprint density at radius 3 is 1.44 bits per heavy atom. The summed E-state index contributed by atoms with van der Waals surface area (Å²) >= 11 is 0. The highest BCUT2D eigenvalue weighted by atomic mass is 16.7. The number of oxime groups is 2. The van der Waals surface area contributed by atoms with Crippen LogP contribution < -0.4 is 10.6 Å². The molecule has 4 aliphatic carbocycles. The first-order chi connectivity index (χ1) is 59.2. The molecule has 0 radical (unpaired) electrons. The van der Waals surface area contributed by atoms with Crippen LogP contribution in [0.5, 0.6) is 0 Å². The van der Waals surface area contributed by atoms with Gasteiger partial charge in [0.15, 0.2) is 32.1 Å². The first kappa shape index (κ1) is 99.4. The summed E-state index contributed by atoms with van der Waals surface area (Å²) in [5.41, 5.74) is 0.228. The summed E-state index contributed by atoms with van der Waals surface area (Å²) < 4.78 is 43.6. The fraction of sp³-hybridized carbons (Fsp3) is 0.675. The highest BCUT2D eigenvalue weighted by Gasteiger charge is 2.71. The van der Waals surface area contributed by atoms with Gasteiger partial charge in [0.25, 0.3) is 11.8 Å². The van der Waals surface area contributed by atoms with Crippen molar-refractivity contribution < 1.29 is 157 Å². The molecule has 42 heteroatoms. The SMILES string of the molecule is C[C@H](/C=N/OCC(=O)Nc1ccc(CN(CCN(CCN(CC(=O)O)CC(=O)O)CC(=O)O)CC(=O)O)cc1)O[C@@H](C/C=N/OCC(=O)Nc1ccc(CN(CCN(CCN(CC(=O)O)CC(=O)O)CC(=O)O)CC(=O)O)cc1)O[C@H]1[C@@H](O)C[C@H](O[C@H]2[C@@H](O)C[C@H](O[C@H]3CC[C@@]4(C)[C@H](CC[C@@H]5[C@@H]4C[C@@H](O)[C@]4(C)[C@@H](C6=CCOC6=O)CCC54O)C3)O[C@@H]2C)O[C@@H]1C. The number of aliphatic hydroxyl groups excluding tert-OH is 3. The molecule has 694 valence electrons. The number of aliphatic hydroxyl groups is 4. The second-order valence-electron chi connectivity index (χ2n) is 33.8. The van der Waals surface area contributed by atoms with Gasteiger partial charge in [-0.2, -0.15) is 0 Å². The number of aliphatic carboxylic acids is 8. The molecule has 19 atom stereocenters. The molecule has 3 aliphatic heterocycles. The number of carboxylic acid groups (broad SMARTS) is 8. The Hall–Kier alpha value is -9.35. The second-order valence-corrected chi connectivity index (χ2v) is 33.8. The van der Waals surface area contributed by atoms with Gasteiger partial charge in [0.1, 0.15) is 18.8 Å². The number of carbonyl (C=O) groups is 11. The smallest absolute Gasteiger partial charge is 0.334 e. The molecule has 2 amide bonds. The predicted molar refractivity (Wildman–Crippen MR) is 437 cm³/mol. The minimum Gasteiger partial charge on any atom is -0.480 e. The Morgan fingerprint density at radius 1 is 0.536 bits per heavy atom. The quantitative estimate of drug-likeness (QED) is 0.0146. The van der Waals surface area contributed by atoms with E-state index < -0.39 is 204 Å². The minimum atomic E-state index is -1.28. The van der Waals surface area contributed by atoms with Crippen LogP contribution in [-0.2, 0) is 109 Å². The lowest BCUT2D eigenvalue weighted by Crippen LogP contribution is -2.67. The van der Waals surface area contributed by atoms with E-state index >= 15 is 0 Å². The number of rotatable bonds is 52. The first-order valence-electron chi connectivity index (χ1n) is 42.0. The van der Waals surface area contributed by atoms with E-state index in [-0.39, 0.29) is 132 Å². The number of anilines is 2. The van der Waals surface area contributed by atoms with Gasteiger partial charge in [0.05, 0.1) is 107 Å². The number of hydrogen-bond acceptors (Lipinski definition) is 32. The third-order valence-corrected chi connectivity index (χ3v) is 24.9. The molecule has 42 nitrogen and oxygen atoms in total. The molecule has 4 saturated carbocycles. The van der Waals surface area contributed by atoms with Crippen molar-refractivity contribution in [1.82, 2.24) is 29.4 Å². The van der Waals surface area contributed by atoms with Crippen LogP contribution in [0.4, 0.5) is 11.4 Å². The number of carbonyl (C=O) groups excluding carboxylic acids is 3. The molecule has 2 aromatic carbocycles. The molecule has 125 heavy (non-hydrogen) atoms. The number of ether oxygens (including phenoxy) is 7. The van der Waals surface area contributed by atoms with Crippen LogP contribution in [0.2, 0.25) is 0 Å². The van der Waals surface area contributed by atoms with Crippen molar-refractivity contribution in [3.63, 3.8) is 0 Å². The summed E-state index contributed by atoms with van der Waals surface area (Å²) in [7, 11) is 0. The van der Waals surface area contributed by atoms with Gasteiger partial charge >= 0.3 is 53.7 Å². The molecule has 2 saturated heterocycles. The van der Waals surface area contributed by atoms with E-state index in [1.807, 2.05) is 6.92 Å². The van der Waals surface area contributed by atoms with E-state index in [4.69, 9.17) is 42.8 Å². The minimum absolute atomic E-state index is 0.0277. The fourth-order valence-corrected chi connectivity index (χ4v) is 18.9. The van der Waals surface area contributed by atoms with Gasteiger partial charge in [0, 0.05) is 119 Å². The molecule has 2 aromatic rings. The molecule has 1 unspecified atom stereocenters. The molecule has 0 aromatic heterocycles. The molecule has 14 N–H and O–H groups in total. The highest BCUT2D eigenvalue weighted by Crippen LogP contribution is 2.70. The molecule has 0 bridgehead atoms. The zero-order chi connectivity index (χ0) is 91.0. The van der Waals surface area contributed by atoms with Crippen LogP contribution >= 0.6 is 0 Å². The maximum atomic E-state index is 13.1. The Kier molecular flexibility index (Phi) is 36.9. The number of nitrogens with zero attached hydrogens (tertiary/aromatic N) is 8. The van der Waals surface area contributed by atoms with Gasteiger partial charge in [-0.3, -0.25) is 77.3 Å². The average Bonchev–Trinajstić information content (AvgIpc) is 1.58. The van der Waals surface area contributed by atoms with Gasteiger partial charge in [-0.1, -0.05) is 48.4 Å². The Bertz CT molecular complexity index is 4040. The third-order valence-electron chi connectivity index (χ3n) is 24.9. The van der Waals surface area contributed by atoms with Crippen LogP contribution in [-0.4, -0.2) is 373 Å². The standard InChI is InChI=1S/C83H120N10O32/c1-49(36-85-119-48-66(98)87-56-13-8-53(9-14-56)38-91(42-70(105)106)28-24-89(40-68(101)102)26-30-93(45-73(111)112)46-74(113)114)120-75(18-22-84-118-47-65(97)86-55-11-6-52(7-12-55)37-90(41-69(103)104)27-23-88(39-67(99)100)25-29-92(43-71(107)108)44-72(109)110)124-78-50(2)122-77(35-63(78)95)125-79-51(3)121-76(34-62(79)94)123-57-16-20-81(4)54(32-57)10-15-60-61(81)33-64(96)82(5)59(17-21-83(60,82)116)58-19-31-117-80(58)115/h6-9,11-14,19,22,36,49-51,54,57,59-64,75-79,94-96,116H,10,15-18,20-21,23-35,37-48H2,1-5H3,(H,86,97)(H,87,98)(H,99,100)(H,101,102)(H,103,104)(H,105,106)(H,107,108)(H,109,110)(H,111,112)(H,113,114)/b84-22+,85-36+/t49-,50-,51-,54-,57+,59-,60-,61+,62+,63+,64-,75-,76+,77+,78-,79-,81+,82+,83?/m1/s1. The molecular formula is C83H120N10O32. The largest absolute Gasteiger partial charge is 0.480 e. The summed E-state index contributed by atoms with van der Waals surface area (Å²) in [6.45, 7) is 4.06. The lowest BCUT2D eigenvalue weighted by atomic mass is 9.42. The predicted octanol–water partition coefficient (Wildman–Crippen LogP) is 1.25. The van der Waals surface area contributed by atoms with E-state index in [0.29, 0.717) is 53.8 Å². The van der Waals surface area contributed by atoms with E-state index in [9.17, 15) is 114 Å². The topological polar surface area (TPSA) is 582 Å². The van der Waals surface area contributed by atoms with Crippen LogP contribution in [0, 0.1) is 34.5 Å². The van der Waals surface area contributed by atoms with Gasteiger partial charge in [-0.05, 0) is 137 Å². The van der Waals surface area contributed by atoms with Crippen LogP contribution in [0.1, 0.15) is 116 Å². The van der Waals surface area contributed by atoms with Gasteiger partial charge < -0.3 is 115 Å². The molecule has 6 fully saturated rings. The summed E-state index contributed by atoms with van der Waals surface area (Å²) in [5.74, 6) is -11.5. The normalized spacial score (nSPS) is 28.4. The van der Waals surface area contributed by atoms with Crippen molar-refractivity contribution in [3.05, 3.63) is 71.3 Å². The van der Waals surface area contributed by atoms with Crippen molar-refractivity contribution in [2.75, 3.05) is 135 Å². The summed E-state index contributed by atoms with van der Waals surface area (Å²) in [6.07, 6.45) is -1.32. The zero-order valence-corrected chi connectivity index (χ0v) is 70.8. The number of amides is 2. The summed E-state index contributed by atoms with van der Waals surface area (Å²) in [4.78, 5) is 150. The fourth-order valence-electron chi connectivity index (χ4n) is 18.9. The molecule has 3 heterocycles. The van der Waals surface area contributed by atoms with Crippen molar-refractivity contribution in [2.45, 2.75) is 198 Å². The number of cyclic esters (lactones) is 1. The number of fused-ring (bicyclic) bond motifs is 5. The Morgan fingerprint density at radius 2 is 0.976 bits per heavy atom. The molecule has 7 aliphatic rings. The second kappa shape index (κ2) is 46.4. The Labute approximate surface area is 721 Å². The van der Waals surface area contributed by atoms with Crippen molar-refractivity contribution >= 4 is 89.3 Å². The van der Waals surface area contributed by atoms with Crippen LogP contribution in [0.3, 0.4) is 0 Å². The number of nitrogens with one attached hydrogen (secondary N) is 2. The van der Waals surface area contributed by atoms with Gasteiger partial charge in [-0.15, -0.1) is 0 Å². The Balaban J connectivity index is 0.769. The molecule has 0 spiro atoms. The first-order valence-corrected chi connectivity index (χ1v) is 42.0. The van der Waals surface area contributed by atoms with Crippen molar-refractivity contribution in [1.29, 1.82) is 0 Å². The lowest BCUT2D eigenvalue weighted by Gasteiger charge is -2.65. The number of carboxylic acids is 8. The van der Waals surface area contributed by atoms with Gasteiger partial charge in [0.2, 0.25) is 0 Å². The van der Waals surface area contributed by atoms with Crippen LogP contribution in [0.25, 0.3) is 0 Å². The van der Waals surface area contributed by atoms with Crippen LogP contribution in [0.15, 0.2) is 70.5 Å². The maximum absolute atomic E-state index is 13.1. The summed E-state index contributed by atoms with van der Waals surface area (Å²) in [6, 6.07) is 12.8. The van der Waals surface area contributed by atoms with E-state index in [1.165, 1.54) is 32.0 Å². The molecule has 9 rings (SSSR count). The van der Waals surface area contributed by atoms with E-state index in [0.717, 1.165) is 35.5 Å². The maximum Gasteiger partial charge on any atom is 0.334 e. The average molecular weight is 1770 g/mol. The summed E-state index contributed by atoms with van der Waals surface area (Å²) in [5, 5.41) is 137. The lowest BCUT2D eigenvalue weighted by molar-refractivity contribution is -0.328.